The van der Waals surface area contributed by atoms with Crippen molar-refractivity contribution < 1.29 is 4.74 Å². The lowest BCUT2D eigenvalue weighted by Gasteiger charge is -2.10. The van der Waals surface area contributed by atoms with Crippen LogP contribution in [0, 0.1) is 0 Å². The highest BCUT2D eigenvalue weighted by atomic mass is 16.5. The van der Waals surface area contributed by atoms with Gasteiger partial charge in [-0.05, 0) is 30.5 Å². The molecule has 1 saturated carbocycles. The van der Waals surface area contributed by atoms with Gasteiger partial charge in [0.25, 0.3) is 0 Å². The number of nitrogens with zero attached hydrogens (tertiary/aromatic N) is 2. The summed E-state index contributed by atoms with van der Waals surface area (Å²) in [5.74, 6) is 4.07. The van der Waals surface area contributed by atoms with Crippen LogP contribution in [0.3, 0.4) is 0 Å². The molecule has 0 saturated heterocycles. The normalized spacial score (nSPS) is 13.8. The molecule has 0 aliphatic heterocycles. The number of rotatable bonds is 6. The van der Waals surface area contributed by atoms with E-state index in [0.717, 1.165) is 28.8 Å². The zero-order chi connectivity index (χ0) is 14.7. The molecule has 1 aliphatic rings. The van der Waals surface area contributed by atoms with Gasteiger partial charge < -0.3 is 15.4 Å². The van der Waals surface area contributed by atoms with Crippen molar-refractivity contribution in [1.82, 2.24) is 9.97 Å². The number of methoxy groups -OCH3 is 1. The van der Waals surface area contributed by atoms with Gasteiger partial charge in [0.1, 0.15) is 23.2 Å². The molecule has 110 valence electrons. The molecule has 1 fully saturated rings. The topological polar surface area (TPSA) is 59.1 Å². The van der Waals surface area contributed by atoms with E-state index >= 15 is 0 Å². The Labute approximate surface area is 124 Å². The quantitative estimate of drug-likeness (QED) is 0.854. The third kappa shape index (κ3) is 3.42. The number of hydrogen-bond donors (Lipinski definition) is 2. The minimum absolute atomic E-state index is 0.538. The largest absolute Gasteiger partial charge is 0.497 e. The Morgan fingerprint density at radius 3 is 2.71 bits per heavy atom. The zero-order valence-electron chi connectivity index (χ0n) is 12.4. The van der Waals surface area contributed by atoms with Crippen molar-refractivity contribution in [2.45, 2.75) is 25.3 Å². The van der Waals surface area contributed by atoms with Gasteiger partial charge in [0.2, 0.25) is 0 Å². The molecule has 2 aromatic rings. The van der Waals surface area contributed by atoms with Crippen molar-refractivity contribution in [1.29, 1.82) is 0 Å². The molecule has 3 rings (SSSR count). The van der Waals surface area contributed by atoms with Gasteiger partial charge in [0.15, 0.2) is 0 Å². The van der Waals surface area contributed by atoms with Crippen LogP contribution in [0.25, 0.3) is 0 Å². The Bertz CT molecular complexity index is 625. The molecule has 1 aromatic heterocycles. The molecule has 0 spiro atoms. The Balaban J connectivity index is 1.73. The van der Waals surface area contributed by atoms with E-state index in [-0.39, 0.29) is 0 Å². The van der Waals surface area contributed by atoms with E-state index in [1.165, 1.54) is 12.8 Å². The van der Waals surface area contributed by atoms with E-state index in [0.29, 0.717) is 12.5 Å². The molecule has 0 unspecified atom stereocenters. The fourth-order valence-corrected chi connectivity index (χ4v) is 2.18. The molecular weight excluding hydrogens is 264 g/mol. The maximum Gasteiger partial charge on any atom is 0.136 e. The number of benzene rings is 1. The SMILES string of the molecule is CNc1cc(NCc2cccc(OC)c2)nc(C2CC2)n1. The summed E-state index contributed by atoms with van der Waals surface area (Å²) in [5, 5.41) is 6.46. The first-order valence-electron chi connectivity index (χ1n) is 7.22. The lowest BCUT2D eigenvalue weighted by Crippen LogP contribution is -2.06. The van der Waals surface area contributed by atoms with Crippen molar-refractivity contribution in [2.24, 2.45) is 0 Å². The van der Waals surface area contributed by atoms with E-state index in [4.69, 9.17) is 4.74 Å². The predicted molar refractivity (Wildman–Crippen MR) is 83.9 cm³/mol. The highest BCUT2D eigenvalue weighted by molar-refractivity contribution is 5.48. The number of anilines is 2. The molecule has 1 aromatic carbocycles. The van der Waals surface area contributed by atoms with Crippen LogP contribution in [0.15, 0.2) is 30.3 Å². The van der Waals surface area contributed by atoms with E-state index in [1.807, 2.05) is 31.3 Å². The van der Waals surface area contributed by atoms with Crippen molar-refractivity contribution in [3.05, 3.63) is 41.7 Å². The van der Waals surface area contributed by atoms with Gasteiger partial charge >= 0.3 is 0 Å². The van der Waals surface area contributed by atoms with Gasteiger partial charge in [-0.2, -0.15) is 0 Å². The first-order valence-corrected chi connectivity index (χ1v) is 7.22. The minimum Gasteiger partial charge on any atom is -0.497 e. The van der Waals surface area contributed by atoms with E-state index < -0.39 is 0 Å². The Kier molecular flexibility index (Phi) is 3.90. The smallest absolute Gasteiger partial charge is 0.136 e. The summed E-state index contributed by atoms with van der Waals surface area (Å²) in [6.07, 6.45) is 2.39. The molecule has 5 nitrogen and oxygen atoms in total. The second-order valence-electron chi connectivity index (χ2n) is 5.23. The van der Waals surface area contributed by atoms with Crippen LogP contribution in [0.1, 0.15) is 30.1 Å². The fraction of sp³-hybridized carbons (Fsp3) is 0.375. The third-order valence-corrected chi connectivity index (χ3v) is 3.55. The summed E-state index contributed by atoms with van der Waals surface area (Å²) in [7, 11) is 3.56. The van der Waals surface area contributed by atoms with Gasteiger partial charge in [-0.25, -0.2) is 9.97 Å². The van der Waals surface area contributed by atoms with Gasteiger partial charge in [-0.15, -0.1) is 0 Å². The fourth-order valence-electron chi connectivity index (χ4n) is 2.18. The molecule has 1 heterocycles. The molecular formula is C16H20N4O. The monoisotopic (exact) mass is 284 g/mol. The van der Waals surface area contributed by atoms with E-state index in [9.17, 15) is 0 Å². The third-order valence-electron chi connectivity index (χ3n) is 3.55. The van der Waals surface area contributed by atoms with Crippen molar-refractivity contribution in [3.63, 3.8) is 0 Å². The van der Waals surface area contributed by atoms with Crippen LogP contribution in [-0.2, 0) is 6.54 Å². The minimum atomic E-state index is 0.538. The first kappa shape index (κ1) is 13.7. The summed E-state index contributed by atoms with van der Waals surface area (Å²) < 4.78 is 5.24. The molecule has 0 atom stereocenters. The van der Waals surface area contributed by atoms with Crippen LogP contribution in [-0.4, -0.2) is 24.1 Å². The summed E-state index contributed by atoms with van der Waals surface area (Å²) >= 11 is 0. The summed E-state index contributed by atoms with van der Waals surface area (Å²) in [4.78, 5) is 9.12. The summed E-state index contributed by atoms with van der Waals surface area (Å²) in [6, 6.07) is 9.96. The van der Waals surface area contributed by atoms with Crippen LogP contribution in [0.5, 0.6) is 5.75 Å². The maximum absolute atomic E-state index is 5.24. The van der Waals surface area contributed by atoms with Crippen LogP contribution in [0.2, 0.25) is 0 Å². The van der Waals surface area contributed by atoms with Crippen LogP contribution >= 0.6 is 0 Å². The van der Waals surface area contributed by atoms with Crippen molar-refractivity contribution >= 4 is 11.6 Å². The highest BCUT2D eigenvalue weighted by Crippen LogP contribution is 2.38. The second-order valence-corrected chi connectivity index (χ2v) is 5.23. The number of nitrogens with one attached hydrogen (secondary N) is 2. The predicted octanol–water partition coefficient (Wildman–Crippen LogP) is 3.02. The average Bonchev–Trinajstić information content (AvgIpc) is 3.37. The number of aromatic nitrogens is 2. The Hall–Kier alpha value is -2.30. The highest BCUT2D eigenvalue weighted by Gasteiger charge is 2.27. The van der Waals surface area contributed by atoms with E-state index in [1.54, 1.807) is 7.11 Å². The maximum atomic E-state index is 5.24. The second kappa shape index (κ2) is 5.99. The molecule has 2 N–H and O–H groups in total. The number of hydrogen-bond acceptors (Lipinski definition) is 5. The molecule has 1 aliphatic carbocycles. The lowest BCUT2D eigenvalue weighted by atomic mass is 10.2. The van der Waals surface area contributed by atoms with Crippen molar-refractivity contribution in [3.8, 4) is 5.75 Å². The summed E-state index contributed by atoms with van der Waals surface area (Å²) in [5.41, 5.74) is 1.16. The standard InChI is InChI=1S/C16H20N4O/c1-17-14-9-15(20-16(19-14)12-6-7-12)18-10-11-4-3-5-13(8-11)21-2/h3-5,8-9,12H,6-7,10H2,1-2H3,(H2,17,18,19,20). The Morgan fingerprint density at radius 2 is 2.00 bits per heavy atom. The molecule has 5 heteroatoms. The summed E-state index contributed by atoms with van der Waals surface area (Å²) in [6.45, 7) is 0.710. The van der Waals surface area contributed by atoms with Gasteiger partial charge in [0.05, 0.1) is 7.11 Å². The van der Waals surface area contributed by atoms with Gasteiger partial charge in [0, 0.05) is 25.6 Å². The molecule has 0 amide bonds. The van der Waals surface area contributed by atoms with E-state index in [2.05, 4.69) is 26.7 Å². The average molecular weight is 284 g/mol. The van der Waals surface area contributed by atoms with Crippen LogP contribution < -0.4 is 15.4 Å². The molecule has 0 bridgehead atoms. The first-order chi connectivity index (χ1) is 10.3. The van der Waals surface area contributed by atoms with Crippen molar-refractivity contribution in [2.75, 3.05) is 24.8 Å². The zero-order valence-corrected chi connectivity index (χ0v) is 12.4. The Morgan fingerprint density at radius 1 is 1.19 bits per heavy atom. The molecule has 0 radical (unpaired) electrons. The molecule has 21 heavy (non-hydrogen) atoms. The van der Waals surface area contributed by atoms with Crippen LogP contribution in [0.4, 0.5) is 11.6 Å². The number of ether oxygens (including phenoxy) is 1. The van der Waals surface area contributed by atoms with Gasteiger partial charge in [-0.1, -0.05) is 12.1 Å². The lowest BCUT2D eigenvalue weighted by molar-refractivity contribution is 0.414. The van der Waals surface area contributed by atoms with Gasteiger partial charge in [-0.3, -0.25) is 0 Å².